The molecule has 206 valence electrons. The number of hydrogen-bond acceptors (Lipinski definition) is 0. The summed E-state index contributed by atoms with van der Waals surface area (Å²) in [6, 6.07) is 61.2. The van der Waals surface area contributed by atoms with Crippen LogP contribution in [0.15, 0.2) is 146 Å². The Kier molecular flexibility index (Phi) is 13.0. The van der Waals surface area contributed by atoms with E-state index in [1.54, 1.807) is 23.3 Å². The second kappa shape index (κ2) is 17.4. The van der Waals surface area contributed by atoms with Crippen LogP contribution < -0.4 is 0 Å². The zero-order valence-corrected chi connectivity index (χ0v) is 27.7. The summed E-state index contributed by atoms with van der Waals surface area (Å²) in [7, 11) is 0. The first-order chi connectivity index (χ1) is 20.6. The third kappa shape index (κ3) is 9.76. The van der Waals surface area contributed by atoms with Gasteiger partial charge in [0, 0.05) is 0 Å². The Morgan fingerprint density at radius 2 is 0.810 bits per heavy atom. The van der Waals surface area contributed by atoms with Crippen LogP contribution >= 0.6 is 0 Å². The molecule has 2 heteroatoms. The molecule has 0 unspecified atom stereocenters. The first-order valence-electron chi connectivity index (χ1n) is 14.1. The van der Waals surface area contributed by atoms with Gasteiger partial charge in [-0.1, -0.05) is 70.8 Å². The van der Waals surface area contributed by atoms with Crippen LogP contribution in [0.5, 0.6) is 0 Å². The molecule has 42 heavy (non-hydrogen) atoms. The second-order valence-electron chi connectivity index (χ2n) is 9.95. The van der Waals surface area contributed by atoms with Gasteiger partial charge in [-0.15, -0.1) is 11.1 Å². The molecule has 0 saturated carbocycles. The zero-order chi connectivity index (χ0) is 29.4. The molecule has 0 saturated heterocycles. The maximum Gasteiger partial charge on any atom is -0.0253 e. The number of hydrogen-bond donors (Lipinski definition) is 0. The van der Waals surface area contributed by atoms with E-state index in [1.165, 1.54) is 44.5 Å². The van der Waals surface area contributed by atoms with Gasteiger partial charge < -0.3 is 0 Å². The molecule has 0 atom stereocenters. The summed E-state index contributed by atoms with van der Waals surface area (Å²) in [5, 5.41) is 0. The van der Waals surface area contributed by atoms with Crippen LogP contribution in [0.2, 0.25) is 13.1 Å². The van der Waals surface area contributed by atoms with Crippen molar-refractivity contribution >= 4 is 5.43 Å². The fraction of sp³-hybridized carbons (Fsp3) is 0.100. The van der Waals surface area contributed by atoms with Crippen LogP contribution in [0.4, 0.5) is 0 Å². The van der Waals surface area contributed by atoms with Crippen molar-refractivity contribution in [1.82, 2.24) is 0 Å². The van der Waals surface area contributed by atoms with Crippen molar-refractivity contribution in [2.75, 3.05) is 0 Å². The molecule has 0 N–H and O–H groups in total. The average molecular weight is 634 g/mol. The average Bonchev–Trinajstić information content (AvgIpc) is 3.62. The van der Waals surface area contributed by atoms with Crippen LogP contribution in [-0.4, -0.2) is 5.43 Å². The van der Waals surface area contributed by atoms with E-state index in [4.69, 9.17) is 0 Å². The Labute approximate surface area is 267 Å². The van der Waals surface area contributed by atoms with E-state index in [0.717, 1.165) is 12.8 Å². The van der Waals surface area contributed by atoms with E-state index >= 15 is 0 Å². The minimum absolute atomic E-state index is 0.210. The first-order valence-corrected chi connectivity index (χ1v) is 20.3. The van der Waals surface area contributed by atoms with Gasteiger partial charge in [0.2, 0.25) is 0 Å². The van der Waals surface area contributed by atoms with E-state index in [2.05, 4.69) is 110 Å². The van der Waals surface area contributed by atoms with Gasteiger partial charge in [0.25, 0.3) is 0 Å². The van der Waals surface area contributed by atoms with Crippen molar-refractivity contribution in [3.05, 3.63) is 192 Å². The van der Waals surface area contributed by atoms with Crippen molar-refractivity contribution in [2.45, 2.75) is 25.9 Å². The normalized spacial score (nSPS) is 10.5. The quantitative estimate of drug-likeness (QED) is 0.115. The van der Waals surface area contributed by atoms with E-state index in [1.807, 2.05) is 72.8 Å². The summed E-state index contributed by atoms with van der Waals surface area (Å²) in [6.07, 6.45) is 2.10. The smallest absolute Gasteiger partial charge is 0.0253 e. The Morgan fingerprint density at radius 1 is 0.452 bits per heavy atom. The van der Waals surface area contributed by atoms with E-state index in [-0.39, 0.29) is 5.43 Å². The summed E-state index contributed by atoms with van der Waals surface area (Å²) in [4.78, 5) is 0. The second-order valence-corrected chi connectivity index (χ2v) is 19.3. The molecule has 6 aromatic carbocycles. The predicted octanol–water partition coefficient (Wildman–Crippen LogP) is 9.87. The molecule has 2 aliphatic rings. The number of fused-ring (bicyclic) bond motifs is 6. The largest absolute Gasteiger partial charge is 0.184 e. The summed E-state index contributed by atoms with van der Waals surface area (Å²) in [6.45, 7) is 4.62. The molecule has 0 radical (unpaired) electrons. The molecule has 0 aromatic heterocycles. The van der Waals surface area contributed by atoms with Gasteiger partial charge in [0.05, 0.1) is 0 Å². The van der Waals surface area contributed by atoms with Gasteiger partial charge in [-0.2, -0.15) is 132 Å². The van der Waals surface area contributed by atoms with Crippen molar-refractivity contribution in [2.24, 2.45) is 0 Å². The Hall–Kier alpha value is -3.58. The fourth-order valence-corrected chi connectivity index (χ4v) is 4.68. The summed E-state index contributed by atoms with van der Waals surface area (Å²) >= 11 is 1.74. The molecule has 0 nitrogen and oxygen atoms in total. The van der Waals surface area contributed by atoms with Gasteiger partial charge in [-0.05, 0) is 12.8 Å². The van der Waals surface area contributed by atoms with Crippen LogP contribution in [-0.2, 0) is 36.2 Å². The summed E-state index contributed by atoms with van der Waals surface area (Å²) in [5.74, 6) is 0. The molecular weight excluding hydrogens is 600 g/mol. The monoisotopic (exact) mass is 632 g/mol. The van der Waals surface area contributed by atoms with E-state index in [0.29, 0.717) is 0 Å². The summed E-state index contributed by atoms with van der Waals surface area (Å²) in [5.41, 5.74) is 11.2. The Bertz CT molecular complexity index is 1390. The van der Waals surface area contributed by atoms with Crippen LogP contribution in [0, 0.1) is 24.3 Å². The minimum atomic E-state index is 0.210. The SMILES string of the molecule is C[Si](C)=[Zr].[c-]1cccc2c1Cc1ccccc1-2.[c-]1cccc2c1Cc1ccccc1-2.[c-]1ccccc1.[c-]1ccccc1. The minimum Gasteiger partial charge on any atom is -0.184 e. The molecule has 0 aliphatic heterocycles. The molecule has 0 amide bonds. The van der Waals surface area contributed by atoms with E-state index in [9.17, 15) is 0 Å². The third-order valence-electron chi connectivity index (χ3n) is 6.45. The Morgan fingerprint density at radius 3 is 1.14 bits per heavy atom. The van der Waals surface area contributed by atoms with Crippen LogP contribution in [0.25, 0.3) is 22.3 Å². The molecule has 0 heterocycles. The molecule has 8 rings (SSSR count). The number of rotatable bonds is 0. The van der Waals surface area contributed by atoms with Crippen LogP contribution in [0.3, 0.4) is 0 Å². The van der Waals surface area contributed by atoms with Crippen molar-refractivity contribution in [3.63, 3.8) is 0 Å². The van der Waals surface area contributed by atoms with E-state index < -0.39 is 0 Å². The number of benzene rings is 6. The van der Waals surface area contributed by atoms with Crippen molar-refractivity contribution in [3.8, 4) is 22.3 Å². The van der Waals surface area contributed by atoms with Gasteiger partial charge in [0.15, 0.2) is 0 Å². The summed E-state index contributed by atoms with van der Waals surface area (Å²) < 4.78 is 0. The Balaban J connectivity index is 0.000000130. The van der Waals surface area contributed by atoms with Crippen molar-refractivity contribution < 1.29 is 23.3 Å². The van der Waals surface area contributed by atoms with Gasteiger partial charge in [-0.25, -0.2) is 0 Å². The van der Waals surface area contributed by atoms with Gasteiger partial charge >= 0.3 is 41.9 Å². The maximum absolute atomic E-state index is 3.30. The fourth-order valence-electron chi connectivity index (χ4n) is 4.68. The predicted molar refractivity (Wildman–Crippen MR) is 175 cm³/mol. The van der Waals surface area contributed by atoms with Crippen molar-refractivity contribution in [1.29, 1.82) is 0 Å². The zero-order valence-electron chi connectivity index (χ0n) is 24.3. The molecule has 0 spiro atoms. The van der Waals surface area contributed by atoms with Gasteiger partial charge in [-0.3, -0.25) is 0 Å². The van der Waals surface area contributed by atoms with Gasteiger partial charge in [0.1, 0.15) is 0 Å². The van der Waals surface area contributed by atoms with Crippen LogP contribution in [0.1, 0.15) is 22.3 Å². The topological polar surface area (TPSA) is 0 Å². The standard InChI is InChI=1S/2C13H9.2C6H5.C2H6Si.Zr/c2*1-3-7-12-10(5-1)9-11-6-2-4-8-13(11)12;2*1-2-4-6-5-3-1;1-3-2;/h2*1-5,7-8H,9H2;2*1-5H;1-2H3;/q4*-1;;. The molecular formula is C40H34SiZr-4. The molecule has 0 bridgehead atoms. The first kappa shape index (κ1) is 31.4. The third-order valence-corrected chi connectivity index (χ3v) is 6.45. The maximum atomic E-state index is 3.30. The molecule has 6 aromatic rings. The molecule has 2 aliphatic carbocycles. The molecule has 0 fully saturated rings.